The first kappa shape index (κ1) is 16.5. The van der Waals surface area contributed by atoms with E-state index < -0.39 is 0 Å². The lowest BCUT2D eigenvalue weighted by atomic mass is 9.70. The van der Waals surface area contributed by atoms with Gasteiger partial charge in [0.05, 0.1) is 0 Å². The number of likely N-dealkylation sites (tertiary alicyclic amines) is 1. The van der Waals surface area contributed by atoms with Crippen LogP contribution in [0.25, 0.3) is 0 Å². The summed E-state index contributed by atoms with van der Waals surface area (Å²) in [6, 6.07) is 0. The molecule has 1 saturated heterocycles. The van der Waals surface area contributed by atoms with Gasteiger partial charge in [-0.25, -0.2) is 0 Å². The molecule has 0 aromatic carbocycles. The summed E-state index contributed by atoms with van der Waals surface area (Å²) < 4.78 is 0. The van der Waals surface area contributed by atoms with Gasteiger partial charge in [-0.3, -0.25) is 4.79 Å². The molecule has 0 bridgehead atoms. The Kier molecular flexibility index (Phi) is 5.46. The number of nitrogens with zero attached hydrogens (tertiary/aromatic N) is 1. The van der Waals surface area contributed by atoms with Gasteiger partial charge in [-0.15, -0.1) is 0 Å². The van der Waals surface area contributed by atoms with Crippen molar-refractivity contribution in [3.8, 4) is 0 Å². The Balaban J connectivity index is 2.81. The maximum atomic E-state index is 12.9. The first-order valence-corrected chi connectivity index (χ1v) is 7.96. The normalized spacial score (nSPS) is 19.4. The molecule has 0 spiro atoms. The van der Waals surface area contributed by atoms with E-state index in [1.165, 1.54) is 19.3 Å². The zero-order valence-corrected chi connectivity index (χ0v) is 13.9. The van der Waals surface area contributed by atoms with E-state index >= 15 is 0 Å². The summed E-state index contributed by atoms with van der Waals surface area (Å²) in [4.78, 5) is 15.0. The third-order valence-electron chi connectivity index (χ3n) is 4.73. The van der Waals surface area contributed by atoms with Crippen molar-refractivity contribution in [2.75, 3.05) is 13.1 Å². The van der Waals surface area contributed by atoms with E-state index in [-0.39, 0.29) is 16.7 Å². The summed E-state index contributed by atoms with van der Waals surface area (Å²) >= 11 is 0. The highest BCUT2D eigenvalue weighted by molar-refractivity contribution is 5.79. The molecule has 2 heteroatoms. The van der Waals surface area contributed by atoms with Gasteiger partial charge < -0.3 is 4.90 Å². The predicted molar refractivity (Wildman–Crippen MR) is 82.1 cm³/mol. The number of hydrogen-bond donors (Lipinski definition) is 0. The maximum Gasteiger partial charge on any atom is 0.226 e. The molecular weight excluding hydrogens is 234 g/mol. The van der Waals surface area contributed by atoms with Crippen LogP contribution in [0.15, 0.2) is 0 Å². The molecule has 1 atom stereocenters. The number of rotatable bonds is 4. The molecule has 1 aliphatic heterocycles. The lowest BCUT2D eigenvalue weighted by Gasteiger charge is -2.39. The van der Waals surface area contributed by atoms with Gasteiger partial charge in [-0.1, -0.05) is 48.0 Å². The van der Waals surface area contributed by atoms with Crippen molar-refractivity contribution >= 4 is 5.91 Å². The van der Waals surface area contributed by atoms with Crippen molar-refractivity contribution in [2.24, 2.45) is 16.7 Å². The maximum absolute atomic E-state index is 12.9. The highest BCUT2D eigenvalue weighted by Crippen LogP contribution is 2.39. The van der Waals surface area contributed by atoms with Crippen LogP contribution in [0.2, 0.25) is 0 Å². The van der Waals surface area contributed by atoms with Crippen LogP contribution < -0.4 is 0 Å². The van der Waals surface area contributed by atoms with Crippen LogP contribution in [0.4, 0.5) is 0 Å². The summed E-state index contributed by atoms with van der Waals surface area (Å²) in [5.74, 6) is 0.550. The molecule has 0 radical (unpaired) electrons. The number of carbonyl (C=O) groups is 1. The second-order valence-corrected chi connectivity index (χ2v) is 8.03. The van der Waals surface area contributed by atoms with Crippen molar-refractivity contribution in [1.82, 2.24) is 4.90 Å². The van der Waals surface area contributed by atoms with Gasteiger partial charge in [0.2, 0.25) is 5.91 Å². The van der Waals surface area contributed by atoms with Gasteiger partial charge in [0, 0.05) is 19.0 Å². The Morgan fingerprint density at radius 1 is 1.05 bits per heavy atom. The SMILES string of the molecule is CCC(C)(C)CC(C(=O)N1CCCCC1)C(C)(C)C. The Morgan fingerprint density at radius 3 is 2.00 bits per heavy atom. The number of amides is 1. The summed E-state index contributed by atoms with van der Waals surface area (Å²) in [7, 11) is 0. The van der Waals surface area contributed by atoms with Crippen molar-refractivity contribution in [2.45, 2.75) is 73.6 Å². The van der Waals surface area contributed by atoms with Crippen LogP contribution in [0.5, 0.6) is 0 Å². The number of hydrogen-bond acceptors (Lipinski definition) is 1. The van der Waals surface area contributed by atoms with Crippen molar-refractivity contribution in [3.63, 3.8) is 0 Å². The molecule has 1 heterocycles. The van der Waals surface area contributed by atoms with E-state index in [0.29, 0.717) is 5.91 Å². The predicted octanol–water partition coefficient (Wildman–Crippen LogP) is 4.49. The molecule has 19 heavy (non-hydrogen) atoms. The van der Waals surface area contributed by atoms with Gasteiger partial charge in [0.15, 0.2) is 0 Å². The molecule has 112 valence electrons. The average Bonchev–Trinajstić information content (AvgIpc) is 2.35. The van der Waals surface area contributed by atoms with Crippen molar-refractivity contribution < 1.29 is 4.79 Å². The summed E-state index contributed by atoms with van der Waals surface area (Å²) in [5, 5.41) is 0. The molecule has 1 unspecified atom stereocenters. The largest absolute Gasteiger partial charge is 0.342 e. The van der Waals surface area contributed by atoms with Gasteiger partial charge in [0.1, 0.15) is 0 Å². The fourth-order valence-corrected chi connectivity index (χ4v) is 2.80. The molecule has 0 aromatic rings. The second-order valence-electron chi connectivity index (χ2n) is 8.03. The van der Waals surface area contributed by atoms with E-state index in [1.54, 1.807) is 0 Å². The molecule has 0 saturated carbocycles. The molecule has 0 N–H and O–H groups in total. The van der Waals surface area contributed by atoms with Gasteiger partial charge in [-0.2, -0.15) is 0 Å². The topological polar surface area (TPSA) is 20.3 Å². The molecule has 0 aliphatic carbocycles. The first-order chi connectivity index (χ1) is 8.67. The molecule has 1 rings (SSSR count). The van der Waals surface area contributed by atoms with Gasteiger partial charge in [0.25, 0.3) is 0 Å². The highest BCUT2D eigenvalue weighted by Gasteiger charge is 2.37. The van der Waals surface area contributed by atoms with Crippen molar-refractivity contribution in [3.05, 3.63) is 0 Å². The molecular formula is C17H33NO. The fourth-order valence-electron chi connectivity index (χ4n) is 2.80. The minimum Gasteiger partial charge on any atom is -0.342 e. The number of carbonyl (C=O) groups excluding carboxylic acids is 1. The smallest absolute Gasteiger partial charge is 0.226 e. The van der Waals surface area contributed by atoms with Crippen LogP contribution in [-0.4, -0.2) is 23.9 Å². The number of piperidine rings is 1. The monoisotopic (exact) mass is 267 g/mol. The van der Waals surface area contributed by atoms with Crippen LogP contribution in [0.3, 0.4) is 0 Å². The van der Waals surface area contributed by atoms with Gasteiger partial charge >= 0.3 is 0 Å². The Morgan fingerprint density at radius 2 is 1.58 bits per heavy atom. The van der Waals surface area contributed by atoms with E-state index in [1.807, 2.05) is 0 Å². The van der Waals surface area contributed by atoms with Gasteiger partial charge in [-0.05, 0) is 36.5 Å². The van der Waals surface area contributed by atoms with E-state index in [9.17, 15) is 4.79 Å². The lowest BCUT2D eigenvalue weighted by molar-refractivity contribution is -0.141. The summed E-state index contributed by atoms with van der Waals surface area (Å²) in [6.45, 7) is 15.4. The van der Waals surface area contributed by atoms with Crippen molar-refractivity contribution in [1.29, 1.82) is 0 Å². The Labute approximate surface area is 119 Å². The van der Waals surface area contributed by atoms with Crippen LogP contribution >= 0.6 is 0 Å². The second kappa shape index (κ2) is 6.28. The molecule has 1 aliphatic rings. The highest BCUT2D eigenvalue weighted by atomic mass is 16.2. The molecule has 1 amide bonds. The molecule has 0 aromatic heterocycles. The van der Waals surface area contributed by atoms with E-state index in [0.717, 1.165) is 25.9 Å². The zero-order chi connectivity index (χ0) is 14.7. The summed E-state index contributed by atoms with van der Waals surface area (Å²) in [5.41, 5.74) is 0.310. The van der Waals surface area contributed by atoms with Crippen LogP contribution in [0, 0.1) is 16.7 Å². The summed E-state index contributed by atoms with van der Waals surface area (Å²) in [6.07, 6.45) is 5.78. The Bertz CT molecular complexity index is 295. The Hall–Kier alpha value is -0.530. The quantitative estimate of drug-likeness (QED) is 0.735. The first-order valence-electron chi connectivity index (χ1n) is 7.96. The zero-order valence-electron chi connectivity index (χ0n) is 13.9. The molecule has 1 fully saturated rings. The minimum absolute atomic E-state index is 0.0565. The fraction of sp³-hybridized carbons (Fsp3) is 0.941. The van der Waals surface area contributed by atoms with E-state index in [2.05, 4.69) is 46.4 Å². The lowest BCUT2D eigenvalue weighted by Crippen LogP contribution is -2.45. The van der Waals surface area contributed by atoms with E-state index in [4.69, 9.17) is 0 Å². The third-order valence-corrected chi connectivity index (χ3v) is 4.73. The average molecular weight is 267 g/mol. The van der Waals surface area contributed by atoms with Crippen LogP contribution in [0.1, 0.15) is 73.6 Å². The molecule has 2 nitrogen and oxygen atoms in total. The minimum atomic E-state index is 0.0565. The van der Waals surface area contributed by atoms with Crippen LogP contribution in [-0.2, 0) is 4.79 Å². The third kappa shape index (κ3) is 4.81. The standard InChI is InChI=1S/C17H33NO/c1-7-17(5,6)13-14(16(2,3)4)15(19)18-11-9-8-10-12-18/h14H,7-13H2,1-6H3.